The Labute approximate surface area is 183 Å². The van der Waals surface area contributed by atoms with Crippen LogP contribution in [-0.4, -0.2) is 88.1 Å². The van der Waals surface area contributed by atoms with Crippen LogP contribution in [0.2, 0.25) is 0 Å². The molecular formula is C22H46N6O2. The molecule has 1 aliphatic rings. The summed E-state index contributed by atoms with van der Waals surface area (Å²) in [6.45, 7) is 6.57. The molecule has 0 radical (unpaired) electrons. The van der Waals surface area contributed by atoms with Gasteiger partial charge in [-0.1, -0.05) is 12.8 Å². The number of nitrogens with zero attached hydrogens (tertiary/aromatic N) is 2. The first kappa shape index (κ1) is 26.8. The van der Waals surface area contributed by atoms with Gasteiger partial charge in [0, 0.05) is 24.9 Å². The summed E-state index contributed by atoms with van der Waals surface area (Å²) in [6.07, 6.45) is 7.47. The van der Waals surface area contributed by atoms with Crippen LogP contribution >= 0.6 is 0 Å². The standard InChI is InChI=1S/C22H46N6O2/c1-27(15-5-11-23)17-7-13-25-21(29)19-9-3-4-10-20(19)22(30)26-14-8-18-28(2)16-6-12-24/h19-20H,3-18,23-24H2,1-2H3,(H,25,29)(H,26,30)/t19-,20-/m1/s1. The lowest BCUT2D eigenvalue weighted by atomic mass is 9.78. The fourth-order valence-corrected chi connectivity index (χ4v) is 4.09. The van der Waals surface area contributed by atoms with Crippen molar-refractivity contribution in [1.82, 2.24) is 20.4 Å². The minimum Gasteiger partial charge on any atom is -0.356 e. The number of nitrogens with one attached hydrogen (secondary N) is 2. The van der Waals surface area contributed by atoms with Crippen LogP contribution in [0.4, 0.5) is 0 Å². The summed E-state index contributed by atoms with van der Waals surface area (Å²) >= 11 is 0. The zero-order chi connectivity index (χ0) is 22.2. The average molecular weight is 427 g/mol. The summed E-state index contributed by atoms with van der Waals surface area (Å²) < 4.78 is 0. The van der Waals surface area contributed by atoms with E-state index in [1.807, 2.05) is 0 Å². The number of amides is 2. The molecule has 0 aromatic carbocycles. The Kier molecular flexibility index (Phi) is 14.7. The summed E-state index contributed by atoms with van der Waals surface area (Å²) in [4.78, 5) is 29.9. The van der Waals surface area contributed by atoms with Crippen LogP contribution < -0.4 is 22.1 Å². The molecule has 0 unspecified atom stereocenters. The van der Waals surface area contributed by atoms with E-state index in [9.17, 15) is 9.59 Å². The number of carbonyl (C=O) groups excluding carboxylic acids is 2. The number of nitrogens with two attached hydrogens (primary N) is 2. The van der Waals surface area contributed by atoms with Crippen LogP contribution in [0.1, 0.15) is 51.4 Å². The second-order valence-corrected chi connectivity index (χ2v) is 8.68. The molecule has 2 amide bonds. The Morgan fingerprint density at radius 2 is 1.10 bits per heavy atom. The van der Waals surface area contributed by atoms with Crippen LogP contribution in [0, 0.1) is 11.8 Å². The van der Waals surface area contributed by atoms with Gasteiger partial charge in [0.15, 0.2) is 0 Å². The number of carbonyl (C=O) groups is 2. The molecule has 1 saturated carbocycles. The maximum absolute atomic E-state index is 12.7. The lowest BCUT2D eigenvalue weighted by molar-refractivity contribution is -0.136. The fourth-order valence-electron chi connectivity index (χ4n) is 4.09. The van der Waals surface area contributed by atoms with Crippen LogP contribution in [-0.2, 0) is 9.59 Å². The Hall–Kier alpha value is -1.22. The van der Waals surface area contributed by atoms with Crippen molar-refractivity contribution in [2.24, 2.45) is 23.3 Å². The molecule has 1 rings (SSSR count). The highest BCUT2D eigenvalue weighted by Crippen LogP contribution is 2.30. The molecule has 8 heteroatoms. The van der Waals surface area contributed by atoms with Gasteiger partial charge in [0.2, 0.25) is 11.8 Å². The summed E-state index contributed by atoms with van der Waals surface area (Å²) in [5.74, 6) is -0.302. The van der Waals surface area contributed by atoms with E-state index in [1.54, 1.807) is 0 Å². The maximum atomic E-state index is 12.7. The van der Waals surface area contributed by atoms with Gasteiger partial charge < -0.3 is 31.9 Å². The second kappa shape index (κ2) is 16.5. The van der Waals surface area contributed by atoms with E-state index in [1.165, 1.54) is 0 Å². The van der Waals surface area contributed by atoms with Crippen molar-refractivity contribution in [3.63, 3.8) is 0 Å². The summed E-state index contributed by atoms with van der Waals surface area (Å²) in [5, 5.41) is 6.13. The van der Waals surface area contributed by atoms with Crippen molar-refractivity contribution in [1.29, 1.82) is 0 Å². The van der Waals surface area contributed by atoms with Gasteiger partial charge in [-0.05, 0) is 91.9 Å². The van der Waals surface area contributed by atoms with E-state index in [4.69, 9.17) is 11.5 Å². The molecule has 8 nitrogen and oxygen atoms in total. The summed E-state index contributed by atoms with van der Waals surface area (Å²) in [5.41, 5.74) is 11.1. The first-order chi connectivity index (χ1) is 14.5. The predicted molar refractivity (Wildman–Crippen MR) is 123 cm³/mol. The van der Waals surface area contributed by atoms with Gasteiger partial charge in [-0.25, -0.2) is 0 Å². The molecule has 176 valence electrons. The molecular weight excluding hydrogens is 380 g/mol. The van der Waals surface area contributed by atoms with Crippen LogP contribution in [0.5, 0.6) is 0 Å². The van der Waals surface area contributed by atoms with Gasteiger partial charge in [-0.15, -0.1) is 0 Å². The molecule has 0 spiro atoms. The molecule has 0 heterocycles. The largest absolute Gasteiger partial charge is 0.356 e. The first-order valence-electron chi connectivity index (χ1n) is 11.8. The molecule has 30 heavy (non-hydrogen) atoms. The third kappa shape index (κ3) is 11.2. The van der Waals surface area contributed by atoms with Crippen molar-refractivity contribution in [3.8, 4) is 0 Å². The van der Waals surface area contributed by atoms with E-state index < -0.39 is 0 Å². The van der Waals surface area contributed by atoms with Crippen LogP contribution in [0.3, 0.4) is 0 Å². The number of hydrogen-bond donors (Lipinski definition) is 4. The minimum atomic E-state index is -0.194. The summed E-state index contributed by atoms with van der Waals surface area (Å²) in [6, 6.07) is 0. The zero-order valence-corrected chi connectivity index (χ0v) is 19.3. The quantitative estimate of drug-likeness (QED) is 0.265. The van der Waals surface area contributed by atoms with Gasteiger partial charge >= 0.3 is 0 Å². The van der Waals surface area contributed by atoms with E-state index in [2.05, 4.69) is 34.5 Å². The SMILES string of the molecule is CN(CCCN)CCCNC(=O)[C@@H]1CCCC[C@H]1C(=O)NCCCN(C)CCCN. The number of rotatable bonds is 16. The molecule has 0 aromatic rings. The van der Waals surface area contributed by atoms with Crippen LogP contribution in [0.15, 0.2) is 0 Å². The van der Waals surface area contributed by atoms with Crippen molar-refractivity contribution in [2.45, 2.75) is 51.4 Å². The molecule has 0 saturated heterocycles. The molecule has 0 aliphatic heterocycles. The van der Waals surface area contributed by atoms with Crippen molar-refractivity contribution >= 4 is 11.8 Å². The Balaban J connectivity index is 2.31. The normalized spacial score (nSPS) is 19.3. The number of hydrogen-bond acceptors (Lipinski definition) is 6. The van der Waals surface area contributed by atoms with E-state index >= 15 is 0 Å². The monoisotopic (exact) mass is 426 g/mol. The van der Waals surface area contributed by atoms with E-state index in [-0.39, 0.29) is 23.7 Å². The highest BCUT2D eigenvalue weighted by Gasteiger charge is 2.35. The first-order valence-corrected chi connectivity index (χ1v) is 11.8. The van der Waals surface area contributed by atoms with Crippen molar-refractivity contribution in [3.05, 3.63) is 0 Å². The highest BCUT2D eigenvalue weighted by atomic mass is 16.2. The van der Waals surface area contributed by atoms with Gasteiger partial charge in [0.1, 0.15) is 0 Å². The minimum absolute atomic E-state index is 0.0426. The molecule has 6 N–H and O–H groups in total. The third-order valence-electron chi connectivity index (χ3n) is 5.96. The second-order valence-electron chi connectivity index (χ2n) is 8.68. The van der Waals surface area contributed by atoms with Crippen LogP contribution in [0.25, 0.3) is 0 Å². The molecule has 0 aromatic heterocycles. The maximum Gasteiger partial charge on any atom is 0.223 e. The van der Waals surface area contributed by atoms with Gasteiger partial charge in [0.25, 0.3) is 0 Å². The molecule has 0 bridgehead atoms. The lowest BCUT2D eigenvalue weighted by Crippen LogP contribution is -2.44. The average Bonchev–Trinajstić information content (AvgIpc) is 2.76. The van der Waals surface area contributed by atoms with Gasteiger partial charge in [-0.3, -0.25) is 9.59 Å². The fraction of sp³-hybridized carbons (Fsp3) is 0.909. The summed E-state index contributed by atoms with van der Waals surface area (Å²) in [7, 11) is 4.16. The molecule has 1 fully saturated rings. The lowest BCUT2D eigenvalue weighted by Gasteiger charge is -2.30. The topological polar surface area (TPSA) is 117 Å². The predicted octanol–water partition coefficient (Wildman–Crippen LogP) is 0.367. The Morgan fingerprint density at radius 3 is 1.47 bits per heavy atom. The Morgan fingerprint density at radius 1 is 0.733 bits per heavy atom. The molecule has 2 atom stereocenters. The van der Waals surface area contributed by atoms with Gasteiger partial charge in [-0.2, -0.15) is 0 Å². The van der Waals surface area contributed by atoms with E-state index in [0.717, 1.165) is 77.5 Å². The Bertz CT molecular complexity index is 435. The van der Waals surface area contributed by atoms with Crippen molar-refractivity contribution < 1.29 is 9.59 Å². The third-order valence-corrected chi connectivity index (χ3v) is 5.96. The van der Waals surface area contributed by atoms with Gasteiger partial charge in [0.05, 0.1) is 0 Å². The smallest absolute Gasteiger partial charge is 0.223 e. The van der Waals surface area contributed by atoms with Crippen molar-refractivity contribution in [2.75, 3.05) is 66.5 Å². The zero-order valence-electron chi connectivity index (χ0n) is 19.3. The highest BCUT2D eigenvalue weighted by molar-refractivity contribution is 5.87. The van der Waals surface area contributed by atoms with E-state index in [0.29, 0.717) is 26.2 Å². The molecule has 1 aliphatic carbocycles.